The van der Waals surface area contributed by atoms with Crippen LogP contribution in [0.2, 0.25) is 5.02 Å². The van der Waals surface area contributed by atoms with Gasteiger partial charge in [-0.3, -0.25) is 4.79 Å². The predicted octanol–water partition coefficient (Wildman–Crippen LogP) is 5.90. The van der Waals surface area contributed by atoms with E-state index in [-0.39, 0.29) is 11.3 Å². The molecule has 1 aliphatic heterocycles. The highest BCUT2D eigenvalue weighted by Crippen LogP contribution is 2.49. The number of anilines is 1. The summed E-state index contributed by atoms with van der Waals surface area (Å²) in [5, 5.41) is 10.3. The first-order valence-corrected chi connectivity index (χ1v) is 11.3. The third kappa shape index (κ3) is 3.47. The molecule has 3 N–H and O–H groups in total. The minimum absolute atomic E-state index is 0.0132. The normalized spacial score (nSPS) is 20.7. The third-order valence-corrected chi connectivity index (χ3v) is 7.32. The van der Waals surface area contributed by atoms with Gasteiger partial charge in [0.2, 0.25) is 0 Å². The van der Waals surface area contributed by atoms with E-state index in [1.54, 1.807) is 12.1 Å². The van der Waals surface area contributed by atoms with E-state index in [1.165, 1.54) is 0 Å². The summed E-state index contributed by atoms with van der Waals surface area (Å²) in [4.78, 5) is 12.6. The maximum Gasteiger partial charge on any atom is 0.287 e. The summed E-state index contributed by atoms with van der Waals surface area (Å²) in [7, 11) is 0. The van der Waals surface area contributed by atoms with Crippen molar-refractivity contribution in [3.8, 4) is 0 Å². The Morgan fingerprint density at radius 3 is 2.68 bits per heavy atom. The van der Waals surface area contributed by atoms with Crippen molar-refractivity contribution in [1.29, 1.82) is 0 Å². The molecule has 1 aromatic carbocycles. The number of carbonyl (C=O) groups excluding carboxylic acids is 1. The molecule has 3 aliphatic rings. The Bertz CT molecular complexity index is 1050. The number of fused-ring (bicyclic) bond motifs is 4. The second-order valence-corrected chi connectivity index (χ2v) is 9.49. The molecule has 166 valence electrons. The van der Waals surface area contributed by atoms with Gasteiger partial charge in [0.25, 0.3) is 11.8 Å². The summed E-state index contributed by atoms with van der Waals surface area (Å²) in [6.07, 6.45) is 6.88. The zero-order valence-corrected chi connectivity index (χ0v) is 18.0. The number of amides is 1. The summed E-state index contributed by atoms with van der Waals surface area (Å²) in [6, 6.07) is 3.32. The molecule has 0 saturated heterocycles. The Labute approximate surface area is 184 Å². The summed E-state index contributed by atoms with van der Waals surface area (Å²) in [5.41, 5.74) is 1.81. The van der Waals surface area contributed by atoms with Crippen LogP contribution in [-0.2, 0) is 5.54 Å². The Balaban J connectivity index is 1.49. The quantitative estimate of drug-likeness (QED) is 0.544. The standard InChI is InChI=1S/C23H26ClF2N3O2/c1-13-28-19-16(24)10-14-11-17(21(30)27-12-23(25,26)15-6-5-7-15)31-20(14)18(19)22(29-13)8-3-2-4-9-22/h10-11,15,28-29H,1-9,12H2,(H,27,30). The molecule has 0 radical (unpaired) electrons. The van der Waals surface area contributed by atoms with E-state index in [9.17, 15) is 13.6 Å². The van der Waals surface area contributed by atoms with Crippen LogP contribution in [0.1, 0.15) is 67.5 Å². The molecule has 1 amide bonds. The predicted molar refractivity (Wildman–Crippen MR) is 117 cm³/mol. The van der Waals surface area contributed by atoms with Crippen LogP contribution < -0.4 is 16.0 Å². The molecule has 5 nitrogen and oxygen atoms in total. The van der Waals surface area contributed by atoms with Crippen molar-refractivity contribution in [3.05, 3.63) is 40.9 Å². The number of furan rings is 1. The van der Waals surface area contributed by atoms with Gasteiger partial charge in [-0.05, 0) is 37.8 Å². The minimum Gasteiger partial charge on any atom is -0.450 e. The number of benzene rings is 1. The second kappa shape index (κ2) is 7.40. The van der Waals surface area contributed by atoms with Gasteiger partial charge in [0.05, 0.1) is 28.6 Å². The number of carbonyl (C=O) groups is 1. The lowest BCUT2D eigenvalue weighted by Gasteiger charge is -2.44. The van der Waals surface area contributed by atoms with Gasteiger partial charge in [0.15, 0.2) is 5.76 Å². The Kier molecular flexibility index (Phi) is 4.92. The molecule has 0 atom stereocenters. The molecule has 0 unspecified atom stereocenters. The van der Waals surface area contributed by atoms with Gasteiger partial charge in [0, 0.05) is 16.9 Å². The molecule has 2 fully saturated rings. The van der Waals surface area contributed by atoms with E-state index < -0.39 is 24.3 Å². The molecule has 2 saturated carbocycles. The number of halogens is 3. The molecule has 0 bridgehead atoms. The first-order valence-electron chi connectivity index (χ1n) is 11.0. The van der Waals surface area contributed by atoms with Gasteiger partial charge in [0.1, 0.15) is 5.58 Å². The lowest BCUT2D eigenvalue weighted by molar-refractivity contribution is -0.0829. The lowest BCUT2D eigenvalue weighted by atomic mass is 9.74. The summed E-state index contributed by atoms with van der Waals surface area (Å²) in [6.45, 7) is 3.36. The van der Waals surface area contributed by atoms with E-state index in [0.29, 0.717) is 34.7 Å². The van der Waals surface area contributed by atoms with Crippen molar-refractivity contribution in [3.63, 3.8) is 0 Å². The van der Waals surface area contributed by atoms with Crippen molar-refractivity contribution >= 4 is 34.2 Å². The van der Waals surface area contributed by atoms with Crippen LogP contribution in [0.15, 0.2) is 28.9 Å². The highest BCUT2D eigenvalue weighted by Gasteiger charge is 2.44. The average molecular weight is 450 g/mol. The zero-order chi connectivity index (χ0) is 21.8. The molecule has 1 aromatic heterocycles. The highest BCUT2D eigenvalue weighted by molar-refractivity contribution is 6.34. The second-order valence-electron chi connectivity index (χ2n) is 9.08. The molecular weight excluding hydrogens is 424 g/mol. The smallest absolute Gasteiger partial charge is 0.287 e. The monoisotopic (exact) mass is 449 g/mol. The van der Waals surface area contributed by atoms with Crippen molar-refractivity contribution in [2.24, 2.45) is 5.92 Å². The molecule has 2 aliphatic carbocycles. The van der Waals surface area contributed by atoms with Crippen LogP contribution in [0, 0.1) is 5.92 Å². The van der Waals surface area contributed by atoms with Gasteiger partial charge >= 0.3 is 0 Å². The Hall–Kier alpha value is -2.28. The fourth-order valence-corrected chi connectivity index (χ4v) is 5.42. The van der Waals surface area contributed by atoms with Gasteiger partial charge in [-0.1, -0.05) is 43.9 Å². The van der Waals surface area contributed by atoms with Crippen LogP contribution in [0.4, 0.5) is 14.5 Å². The molecule has 8 heteroatoms. The summed E-state index contributed by atoms with van der Waals surface area (Å²) in [5.74, 6) is -3.50. The fraction of sp³-hybridized carbons (Fsp3) is 0.522. The Morgan fingerprint density at radius 2 is 2.00 bits per heavy atom. The highest BCUT2D eigenvalue weighted by atomic mass is 35.5. The largest absolute Gasteiger partial charge is 0.450 e. The first kappa shape index (κ1) is 20.6. The van der Waals surface area contributed by atoms with Crippen molar-refractivity contribution in [1.82, 2.24) is 10.6 Å². The molecule has 31 heavy (non-hydrogen) atoms. The van der Waals surface area contributed by atoms with Crippen LogP contribution >= 0.6 is 11.6 Å². The maximum atomic E-state index is 14.2. The minimum atomic E-state index is -2.90. The molecule has 5 rings (SSSR count). The van der Waals surface area contributed by atoms with Gasteiger partial charge in [-0.15, -0.1) is 0 Å². The topological polar surface area (TPSA) is 66.3 Å². The summed E-state index contributed by atoms with van der Waals surface area (Å²) < 4.78 is 34.4. The summed E-state index contributed by atoms with van der Waals surface area (Å²) >= 11 is 6.58. The van der Waals surface area contributed by atoms with Crippen molar-refractivity contribution in [2.75, 3.05) is 11.9 Å². The van der Waals surface area contributed by atoms with E-state index in [2.05, 4.69) is 22.5 Å². The van der Waals surface area contributed by atoms with Crippen LogP contribution in [-0.4, -0.2) is 18.4 Å². The number of hydrogen-bond acceptors (Lipinski definition) is 4. The van der Waals surface area contributed by atoms with E-state index in [4.69, 9.17) is 16.0 Å². The van der Waals surface area contributed by atoms with Crippen LogP contribution in [0.25, 0.3) is 11.0 Å². The van der Waals surface area contributed by atoms with E-state index in [0.717, 1.165) is 49.8 Å². The third-order valence-electron chi connectivity index (χ3n) is 7.02. The number of alkyl halides is 2. The van der Waals surface area contributed by atoms with Gasteiger partial charge in [-0.2, -0.15) is 0 Å². The van der Waals surface area contributed by atoms with Crippen LogP contribution in [0.3, 0.4) is 0 Å². The Morgan fingerprint density at radius 1 is 1.26 bits per heavy atom. The molecule has 2 aromatic rings. The van der Waals surface area contributed by atoms with Crippen molar-refractivity contribution < 1.29 is 18.0 Å². The number of hydrogen-bond donors (Lipinski definition) is 3. The fourth-order valence-electron chi connectivity index (χ4n) is 5.16. The number of rotatable bonds is 4. The first-order chi connectivity index (χ1) is 14.8. The zero-order valence-electron chi connectivity index (χ0n) is 17.3. The lowest BCUT2D eigenvalue weighted by Crippen LogP contribution is -2.48. The molecule has 2 heterocycles. The average Bonchev–Trinajstić information content (AvgIpc) is 3.08. The van der Waals surface area contributed by atoms with Crippen LogP contribution in [0.5, 0.6) is 0 Å². The van der Waals surface area contributed by atoms with Gasteiger partial charge in [-0.25, -0.2) is 8.78 Å². The van der Waals surface area contributed by atoms with E-state index >= 15 is 0 Å². The SMILES string of the molecule is C=C1Nc2c(Cl)cc3cc(C(=O)NCC(F)(F)C4CCC4)oc3c2C2(CCCCC2)N1. The maximum absolute atomic E-state index is 14.2. The molecular formula is C23H26ClF2N3O2. The van der Waals surface area contributed by atoms with Gasteiger partial charge < -0.3 is 20.4 Å². The molecule has 1 spiro atoms. The van der Waals surface area contributed by atoms with Crippen molar-refractivity contribution in [2.45, 2.75) is 62.8 Å². The van der Waals surface area contributed by atoms with E-state index in [1.807, 2.05) is 0 Å². The number of nitrogens with one attached hydrogen (secondary N) is 3.